The molecule has 8 nitrogen and oxygen atoms in total. The Kier molecular flexibility index (Phi) is 4.69. The maximum atomic E-state index is 11.5. The molecule has 1 saturated carbocycles. The lowest BCUT2D eigenvalue weighted by atomic mass is 10.0. The Morgan fingerprint density at radius 2 is 2.10 bits per heavy atom. The second kappa shape index (κ2) is 6.49. The third kappa shape index (κ3) is 3.66. The van der Waals surface area contributed by atoms with Crippen LogP contribution in [-0.4, -0.2) is 27.9 Å². The summed E-state index contributed by atoms with van der Waals surface area (Å²) in [6, 6.07) is 1.09. The standard InChI is InChI=1S/C13H19N5O3/c14-10-4-2-1-3-5-11(10)17-13-9(12(15)19)6-8(7-16-13)18(20)21/h6-7,10-11H,1-5,14H2,(H2,15,19)(H,16,17). The largest absolute Gasteiger partial charge is 0.365 e. The van der Waals surface area contributed by atoms with Crippen LogP contribution in [0.15, 0.2) is 12.3 Å². The minimum Gasteiger partial charge on any atom is -0.365 e. The predicted octanol–water partition coefficient (Wildman–Crippen LogP) is 1.16. The van der Waals surface area contributed by atoms with E-state index in [9.17, 15) is 14.9 Å². The average molecular weight is 293 g/mol. The molecule has 5 N–H and O–H groups in total. The van der Waals surface area contributed by atoms with Gasteiger partial charge in [-0.1, -0.05) is 19.3 Å². The SMILES string of the molecule is NC(=O)c1cc([N+](=O)[O-])cnc1NC1CCCCCC1N. The first kappa shape index (κ1) is 15.2. The molecule has 1 heterocycles. The number of nitrogens with zero attached hydrogens (tertiary/aromatic N) is 2. The molecule has 21 heavy (non-hydrogen) atoms. The van der Waals surface area contributed by atoms with Crippen LogP contribution in [0.3, 0.4) is 0 Å². The van der Waals surface area contributed by atoms with Gasteiger partial charge in [0.1, 0.15) is 12.0 Å². The Morgan fingerprint density at radius 1 is 1.38 bits per heavy atom. The molecule has 2 rings (SSSR count). The molecule has 1 aliphatic carbocycles. The number of amides is 1. The van der Waals surface area contributed by atoms with Gasteiger partial charge in [0, 0.05) is 18.2 Å². The minimum absolute atomic E-state index is 0.0143. The van der Waals surface area contributed by atoms with Crippen molar-refractivity contribution in [3.63, 3.8) is 0 Å². The average Bonchev–Trinajstić information content (AvgIpc) is 2.64. The van der Waals surface area contributed by atoms with Gasteiger partial charge in [-0.25, -0.2) is 4.98 Å². The van der Waals surface area contributed by atoms with Crippen molar-refractivity contribution in [1.29, 1.82) is 0 Å². The molecule has 114 valence electrons. The van der Waals surface area contributed by atoms with Crippen LogP contribution in [0.25, 0.3) is 0 Å². The summed E-state index contributed by atoms with van der Waals surface area (Å²) in [5.74, 6) is -0.494. The van der Waals surface area contributed by atoms with Crippen LogP contribution in [0.5, 0.6) is 0 Å². The number of carbonyl (C=O) groups excluding carboxylic acids is 1. The lowest BCUT2D eigenvalue weighted by molar-refractivity contribution is -0.385. The maximum Gasteiger partial charge on any atom is 0.288 e. The summed E-state index contributed by atoms with van der Waals surface area (Å²) in [4.78, 5) is 25.6. The number of hydrogen-bond donors (Lipinski definition) is 3. The van der Waals surface area contributed by atoms with E-state index in [0.717, 1.165) is 44.4 Å². The summed E-state index contributed by atoms with van der Waals surface area (Å²) in [5, 5.41) is 13.9. The third-order valence-corrected chi connectivity index (χ3v) is 3.74. The van der Waals surface area contributed by atoms with Crippen LogP contribution in [0.4, 0.5) is 11.5 Å². The van der Waals surface area contributed by atoms with Gasteiger partial charge in [-0.3, -0.25) is 14.9 Å². The Hall–Kier alpha value is -2.22. The first-order valence-electron chi connectivity index (χ1n) is 6.95. The molecule has 0 bridgehead atoms. The van der Waals surface area contributed by atoms with Gasteiger partial charge in [0.2, 0.25) is 0 Å². The lowest BCUT2D eigenvalue weighted by Crippen LogP contribution is -2.40. The fourth-order valence-electron chi connectivity index (χ4n) is 2.55. The summed E-state index contributed by atoms with van der Waals surface area (Å²) in [6.07, 6.45) is 6.13. The van der Waals surface area contributed by atoms with Gasteiger partial charge >= 0.3 is 0 Å². The van der Waals surface area contributed by atoms with Crippen molar-refractivity contribution >= 4 is 17.4 Å². The van der Waals surface area contributed by atoms with Crippen LogP contribution in [-0.2, 0) is 0 Å². The van der Waals surface area contributed by atoms with Gasteiger partial charge in [0.25, 0.3) is 11.6 Å². The van der Waals surface area contributed by atoms with Gasteiger partial charge in [0.05, 0.1) is 10.5 Å². The number of rotatable bonds is 4. The Balaban J connectivity index is 2.26. The summed E-state index contributed by atoms with van der Waals surface area (Å²) in [5.41, 5.74) is 11.1. The number of aromatic nitrogens is 1. The van der Waals surface area contributed by atoms with Gasteiger partial charge in [-0.05, 0) is 12.8 Å². The van der Waals surface area contributed by atoms with Crippen molar-refractivity contribution in [3.05, 3.63) is 27.9 Å². The summed E-state index contributed by atoms with van der Waals surface area (Å²) in [6.45, 7) is 0. The Morgan fingerprint density at radius 3 is 2.76 bits per heavy atom. The molecular formula is C13H19N5O3. The normalized spacial score (nSPS) is 22.3. The number of nitrogens with one attached hydrogen (secondary N) is 1. The van der Waals surface area contributed by atoms with Gasteiger partial charge in [0.15, 0.2) is 0 Å². The van der Waals surface area contributed by atoms with E-state index < -0.39 is 10.8 Å². The van der Waals surface area contributed by atoms with E-state index in [4.69, 9.17) is 11.5 Å². The quantitative estimate of drug-likeness (QED) is 0.432. The molecule has 8 heteroatoms. The van der Waals surface area contributed by atoms with Crippen molar-refractivity contribution in [1.82, 2.24) is 4.98 Å². The fourth-order valence-corrected chi connectivity index (χ4v) is 2.55. The molecule has 2 unspecified atom stereocenters. The van der Waals surface area contributed by atoms with E-state index >= 15 is 0 Å². The zero-order chi connectivity index (χ0) is 15.4. The van der Waals surface area contributed by atoms with Crippen LogP contribution in [0.1, 0.15) is 42.5 Å². The number of nitrogens with two attached hydrogens (primary N) is 2. The highest BCUT2D eigenvalue weighted by Gasteiger charge is 2.23. The van der Waals surface area contributed by atoms with E-state index in [1.807, 2.05) is 0 Å². The molecule has 1 aromatic rings. The van der Waals surface area contributed by atoms with Gasteiger partial charge < -0.3 is 16.8 Å². The molecule has 0 saturated heterocycles. The van der Waals surface area contributed by atoms with E-state index in [2.05, 4.69) is 10.3 Å². The number of primary amides is 1. The van der Waals surface area contributed by atoms with Crippen molar-refractivity contribution in [2.75, 3.05) is 5.32 Å². The van der Waals surface area contributed by atoms with Gasteiger partial charge in [-0.2, -0.15) is 0 Å². The Bertz CT molecular complexity index is 549. The molecule has 1 fully saturated rings. The highest BCUT2D eigenvalue weighted by atomic mass is 16.6. The Labute approximate surface area is 122 Å². The molecule has 0 aromatic carbocycles. The summed E-state index contributed by atoms with van der Waals surface area (Å²) < 4.78 is 0. The summed E-state index contributed by atoms with van der Waals surface area (Å²) >= 11 is 0. The van der Waals surface area contributed by atoms with Crippen molar-refractivity contribution < 1.29 is 9.72 Å². The van der Waals surface area contributed by atoms with E-state index in [1.165, 1.54) is 0 Å². The molecule has 0 spiro atoms. The topological polar surface area (TPSA) is 137 Å². The molecule has 0 radical (unpaired) electrons. The van der Waals surface area contributed by atoms with Crippen LogP contribution < -0.4 is 16.8 Å². The number of anilines is 1. The maximum absolute atomic E-state index is 11.5. The smallest absolute Gasteiger partial charge is 0.288 e. The second-order valence-corrected chi connectivity index (χ2v) is 5.26. The number of pyridine rings is 1. The monoisotopic (exact) mass is 293 g/mol. The minimum atomic E-state index is -0.754. The van der Waals surface area contributed by atoms with Gasteiger partial charge in [-0.15, -0.1) is 0 Å². The zero-order valence-electron chi connectivity index (χ0n) is 11.6. The van der Waals surface area contributed by atoms with E-state index in [-0.39, 0.29) is 29.2 Å². The second-order valence-electron chi connectivity index (χ2n) is 5.26. The number of nitro groups is 1. The van der Waals surface area contributed by atoms with E-state index in [0.29, 0.717) is 0 Å². The highest BCUT2D eigenvalue weighted by Crippen LogP contribution is 2.23. The zero-order valence-corrected chi connectivity index (χ0v) is 11.6. The predicted molar refractivity (Wildman–Crippen MR) is 77.9 cm³/mol. The van der Waals surface area contributed by atoms with Crippen molar-refractivity contribution in [2.24, 2.45) is 11.5 Å². The lowest BCUT2D eigenvalue weighted by Gasteiger charge is -2.24. The summed E-state index contributed by atoms with van der Waals surface area (Å²) in [7, 11) is 0. The molecule has 0 aliphatic heterocycles. The first-order chi connectivity index (χ1) is 9.99. The van der Waals surface area contributed by atoms with Crippen molar-refractivity contribution in [3.8, 4) is 0 Å². The molecule has 2 atom stereocenters. The fraction of sp³-hybridized carbons (Fsp3) is 0.538. The number of hydrogen-bond acceptors (Lipinski definition) is 6. The molecule has 1 amide bonds. The molecular weight excluding hydrogens is 274 g/mol. The van der Waals surface area contributed by atoms with Crippen LogP contribution in [0, 0.1) is 10.1 Å². The van der Waals surface area contributed by atoms with Crippen LogP contribution in [0.2, 0.25) is 0 Å². The molecule has 1 aromatic heterocycles. The first-order valence-corrected chi connectivity index (χ1v) is 6.95. The highest BCUT2D eigenvalue weighted by molar-refractivity contribution is 5.98. The van der Waals surface area contributed by atoms with Crippen LogP contribution >= 0.6 is 0 Å². The number of carbonyl (C=O) groups is 1. The molecule has 1 aliphatic rings. The van der Waals surface area contributed by atoms with E-state index in [1.54, 1.807) is 0 Å². The third-order valence-electron chi connectivity index (χ3n) is 3.74. The van der Waals surface area contributed by atoms with Crippen molar-refractivity contribution in [2.45, 2.75) is 44.2 Å².